The van der Waals surface area contributed by atoms with Crippen molar-refractivity contribution in [1.82, 2.24) is 15.5 Å². The highest BCUT2D eigenvalue weighted by Gasteiger charge is 2.37. The van der Waals surface area contributed by atoms with Crippen LogP contribution in [0.2, 0.25) is 0 Å². The second-order valence-electron chi connectivity index (χ2n) is 12.5. The smallest absolute Gasteiger partial charge is 0.408 e. The van der Waals surface area contributed by atoms with Gasteiger partial charge in [0, 0.05) is 18.6 Å². The maximum atomic E-state index is 12.6. The highest BCUT2D eigenvalue weighted by Crippen LogP contribution is 2.23. The van der Waals surface area contributed by atoms with E-state index in [1.54, 1.807) is 41.5 Å². The summed E-state index contributed by atoms with van der Waals surface area (Å²) in [7, 11) is 0. The topological polar surface area (TPSA) is 131 Å². The molecule has 0 spiro atoms. The third-order valence-electron chi connectivity index (χ3n) is 6.80. The van der Waals surface area contributed by atoms with Crippen LogP contribution in [0, 0.1) is 0 Å². The molecule has 0 radical (unpaired) electrons. The van der Waals surface area contributed by atoms with Crippen LogP contribution in [0.25, 0.3) is 0 Å². The predicted octanol–water partition coefficient (Wildman–Crippen LogP) is 4.39. The van der Waals surface area contributed by atoms with Crippen LogP contribution in [0.5, 0.6) is 0 Å². The average Bonchev–Trinajstić information content (AvgIpc) is 2.86. The van der Waals surface area contributed by atoms with Crippen molar-refractivity contribution in [3.05, 3.63) is 71.3 Å². The first-order valence-electron chi connectivity index (χ1n) is 14.3. The van der Waals surface area contributed by atoms with Gasteiger partial charge in [-0.15, -0.1) is 0 Å². The number of nitrogens with zero attached hydrogens (tertiary/aromatic N) is 1. The molecule has 0 aliphatic carbocycles. The van der Waals surface area contributed by atoms with Crippen LogP contribution in [0.15, 0.2) is 54.6 Å². The minimum absolute atomic E-state index is 0.0408. The minimum Gasteiger partial charge on any atom is -0.465 e. The molecule has 9 nitrogen and oxygen atoms in total. The van der Waals surface area contributed by atoms with Gasteiger partial charge in [0.15, 0.2) is 0 Å². The van der Waals surface area contributed by atoms with E-state index in [4.69, 9.17) is 4.74 Å². The van der Waals surface area contributed by atoms with Crippen LogP contribution in [0.1, 0.15) is 65.2 Å². The molecule has 4 atom stereocenters. The molecule has 0 aromatic heterocycles. The van der Waals surface area contributed by atoms with E-state index >= 15 is 0 Å². The lowest BCUT2D eigenvalue weighted by molar-refractivity contribution is 0.00615. The molecule has 0 saturated carbocycles. The number of aliphatic hydroxyl groups is 2. The Morgan fingerprint density at radius 3 is 1.95 bits per heavy atom. The largest absolute Gasteiger partial charge is 0.465 e. The quantitative estimate of drug-likeness (QED) is 0.241. The number of aliphatic hydroxyl groups excluding tert-OH is 2. The van der Waals surface area contributed by atoms with Gasteiger partial charge in [-0.2, -0.15) is 0 Å². The summed E-state index contributed by atoms with van der Waals surface area (Å²) < 4.78 is 5.44. The number of hydrogen-bond donors (Lipinski definition) is 5. The lowest BCUT2D eigenvalue weighted by Gasteiger charge is -2.42. The van der Waals surface area contributed by atoms with Gasteiger partial charge in [0.05, 0.1) is 24.3 Å². The van der Waals surface area contributed by atoms with Crippen molar-refractivity contribution in [2.24, 2.45) is 0 Å². The summed E-state index contributed by atoms with van der Waals surface area (Å²) in [5, 5.41) is 38.4. The fraction of sp³-hybridized carbons (Fsp3) is 0.562. The van der Waals surface area contributed by atoms with Crippen LogP contribution >= 0.6 is 0 Å². The second kappa shape index (κ2) is 15.2. The van der Waals surface area contributed by atoms with E-state index in [0.29, 0.717) is 12.8 Å². The first kappa shape index (κ1) is 34.1. The van der Waals surface area contributed by atoms with Crippen LogP contribution < -0.4 is 10.6 Å². The number of amides is 2. The average molecular weight is 572 g/mol. The molecular formula is C32H49N3O6. The molecule has 9 heteroatoms. The Kier molecular flexibility index (Phi) is 12.6. The molecule has 228 valence electrons. The summed E-state index contributed by atoms with van der Waals surface area (Å²) in [5.74, 6) is 0. The molecule has 0 fully saturated rings. The van der Waals surface area contributed by atoms with Crippen LogP contribution in [0.3, 0.4) is 0 Å². The van der Waals surface area contributed by atoms with Crippen LogP contribution in [-0.4, -0.2) is 80.9 Å². The van der Waals surface area contributed by atoms with Crippen molar-refractivity contribution >= 4 is 12.2 Å². The number of hydrogen-bond acceptors (Lipinski definition) is 6. The van der Waals surface area contributed by atoms with Crippen molar-refractivity contribution in [1.29, 1.82) is 0 Å². The number of rotatable bonds is 13. The maximum Gasteiger partial charge on any atom is 0.408 e. The number of alkyl carbamates (subject to hydrolysis) is 1. The third kappa shape index (κ3) is 11.3. The van der Waals surface area contributed by atoms with Gasteiger partial charge in [-0.05, 0) is 77.5 Å². The molecular weight excluding hydrogens is 522 g/mol. The van der Waals surface area contributed by atoms with Gasteiger partial charge >= 0.3 is 12.2 Å². The van der Waals surface area contributed by atoms with Crippen molar-refractivity contribution < 1.29 is 29.6 Å². The Bertz CT molecular complexity index is 1100. The standard InChI is InChI=1S/C32H49N3O6/c1-8-23-16-12-13-17-24(23)19-25(34-29(38)41-32(5,6)7)27(36)20-33-21-28(37)26(18-22-14-10-9-11-15-22)35(30(39)40)31(2,3)4/h9-17,25-28,33,36-37H,8,18-21H2,1-7H3,(H,34,38)(H,39,40)/t25-,26-,27+,28+/m0/s1. The van der Waals surface area contributed by atoms with Gasteiger partial charge in [-0.1, -0.05) is 61.5 Å². The molecule has 2 amide bonds. The molecule has 0 bridgehead atoms. The van der Waals surface area contributed by atoms with E-state index in [2.05, 4.69) is 17.6 Å². The van der Waals surface area contributed by atoms with Gasteiger partial charge in [-0.3, -0.25) is 4.90 Å². The minimum atomic E-state index is -1.12. The van der Waals surface area contributed by atoms with Crippen molar-refractivity contribution in [2.75, 3.05) is 13.1 Å². The first-order valence-corrected chi connectivity index (χ1v) is 14.3. The summed E-state index contributed by atoms with van der Waals surface area (Å²) in [5.41, 5.74) is 1.60. The van der Waals surface area contributed by atoms with E-state index in [0.717, 1.165) is 23.1 Å². The Hall–Kier alpha value is -3.14. The highest BCUT2D eigenvalue weighted by molar-refractivity contribution is 5.68. The van der Waals surface area contributed by atoms with E-state index < -0.39 is 47.6 Å². The van der Waals surface area contributed by atoms with Gasteiger partial charge in [-0.25, -0.2) is 9.59 Å². The van der Waals surface area contributed by atoms with E-state index in [1.165, 1.54) is 4.90 Å². The van der Waals surface area contributed by atoms with Gasteiger partial charge < -0.3 is 30.7 Å². The molecule has 41 heavy (non-hydrogen) atoms. The molecule has 2 aromatic rings. The maximum absolute atomic E-state index is 12.6. The predicted molar refractivity (Wildman–Crippen MR) is 161 cm³/mol. The number of carbonyl (C=O) groups excluding carboxylic acids is 1. The lowest BCUT2D eigenvalue weighted by atomic mass is 9.94. The molecule has 0 unspecified atom stereocenters. The second-order valence-corrected chi connectivity index (χ2v) is 12.5. The highest BCUT2D eigenvalue weighted by atomic mass is 16.6. The van der Waals surface area contributed by atoms with Crippen LogP contribution in [-0.2, 0) is 24.0 Å². The van der Waals surface area contributed by atoms with E-state index in [1.807, 2.05) is 54.6 Å². The molecule has 0 aliphatic rings. The summed E-state index contributed by atoms with van der Waals surface area (Å²) in [6.07, 6.45) is -2.28. The monoisotopic (exact) mass is 571 g/mol. The zero-order valence-corrected chi connectivity index (χ0v) is 25.6. The fourth-order valence-electron chi connectivity index (χ4n) is 4.92. The Morgan fingerprint density at radius 1 is 0.854 bits per heavy atom. The summed E-state index contributed by atoms with van der Waals surface area (Å²) in [4.78, 5) is 26.2. The van der Waals surface area contributed by atoms with E-state index in [9.17, 15) is 24.9 Å². The normalized spacial score (nSPS) is 15.0. The molecule has 0 heterocycles. The van der Waals surface area contributed by atoms with Gasteiger partial charge in [0.1, 0.15) is 5.60 Å². The number of ether oxygens (including phenoxy) is 1. The number of nitrogens with one attached hydrogen (secondary N) is 2. The molecule has 0 saturated heterocycles. The van der Waals surface area contributed by atoms with Crippen molar-refractivity contribution in [3.63, 3.8) is 0 Å². The zero-order valence-electron chi connectivity index (χ0n) is 25.6. The van der Waals surface area contributed by atoms with Crippen LogP contribution in [0.4, 0.5) is 9.59 Å². The first-order chi connectivity index (χ1) is 19.1. The van der Waals surface area contributed by atoms with Gasteiger partial charge in [0.25, 0.3) is 0 Å². The number of carboxylic acid groups (broad SMARTS) is 1. The number of carbonyl (C=O) groups is 2. The van der Waals surface area contributed by atoms with Gasteiger partial charge in [0.2, 0.25) is 0 Å². The Balaban J connectivity index is 2.18. The fourth-order valence-corrected chi connectivity index (χ4v) is 4.92. The molecule has 5 N–H and O–H groups in total. The molecule has 0 aliphatic heterocycles. The SMILES string of the molecule is CCc1ccccc1C[C@H](NC(=O)OC(C)(C)C)[C@H](O)CNC[C@@H](O)[C@H](Cc1ccccc1)N(C(=O)O)C(C)(C)C. The number of aryl methyl sites for hydroxylation is 1. The summed E-state index contributed by atoms with van der Waals surface area (Å²) >= 11 is 0. The summed E-state index contributed by atoms with van der Waals surface area (Å²) in [6.45, 7) is 12.9. The Labute approximate surface area is 244 Å². The molecule has 2 rings (SSSR count). The zero-order chi connectivity index (χ0) is 30.8. The lowest BCUT2D eigenvalue weighted by Crippen LogP contribution is -2.58. The van der Waals surface area contributed by atoms with E-state index in [-0.39, 0.29) is 13.1 Å². The summed E-state index contributed by atoms with van der Waals surface area (Å²) in [6, 6.07) is 16.0. The Morgan fingerprint density at radius 2 is 1.41 bits per heavy atom. The third-order valence-corrected chi connectivity index (χ3v) is 6.80. The number of benzene rings is 2. The van der Waals surface area contributed by atoms with Crippen molar-refractivity contribution in [3.8, 4) is 0 Å². The van der Waals surface area contributed by atoms with Crippen molar-refractivity contribution in [2.45, 2.75) is 103 Å². The molecule has 2 aromatic carbocycles.